The van der Waals surface area contributed by atoms with Crippen molar-refractivity contribution in [2.45, 2.75) is 32.6 Å². The van der Waals surface area contributed by atoms with Gasteiger partial charge in [-0.15, -0.1) is 0 Å². The molecule has 1 aliphatic carbocycles. The van der Waals surface area contributed by atoms with Crippen LogP contribution in [-0.2, 0) is 9.53 Å². The number of hydrogen-bond acceptors (Lipinski definition) is 5. The van der Waals surface area contributed by atoms with Crippen molar-refractivity contribution in [2.75, 3.05) is 18.5 Å². The average Bonchev–Trinajstić information content (AvgIpc) is 2.69. The molecular weight excluding hydrogens is 342 g/mol. The monoisotopic (exact) mass is 365 g/mol. The number of rotatable bonds is 8. The molecule has 1 aliphatic rings. The third-order valence-corrected chi connectivity index (χ3v) is 4.56. The average molecular weight is 365 g/mol. The van der Waals surface area contributed by atoms with E-state index < -0.39 is 0 Å². The van der Waals surface area contributed by atoms with E-state index in [0.29, 0.717) is 47.5 Å². The molecule has 0 aliphatic heterocycles. The maximum absolute atomic E-state index is 12.9. The van der Waals surface area contributed by atoms with E-state index in [4.69, 9.17) is 4.74 Å². The summed E-state index contributed by atoms with van der Waals surface area (Å²) in [6.45, 7) is 2.97. The number of anilines is 1. The molecule has 0 fully saturated rings. The van der Waals surface area contributed by atoms with Crippen molar-refractivity contribution in [2.24, 2.45) is 0 Å². The maximum atomic E-state index is 12.9. The fraction of sp³-hybridized carbons (Fsp3) is 0.318. The molecule has 0 amide bonds. The largest absolute Gasteiger partial charge is 0.466 e. The van der Waals surface area contributed by atoms with Gasteiger partial charge in [0.1, 0.15) is 0 Å². The molecule has 140 valence electrons. The highest BCUT2D eigenvalue weighted by molar-refractivity contribution is 6.30. The summed E-state index contributed by atoms with van der Waals surface area (Å²) in [6.07, 6.45) is 2.77. The summed E-state index contributed by atoms with van der Waals surface area (Å²) in [5.74, 6) is -0.408. The SMILES string of the molecule is CCCC(=O)OCCCCNc1cccc2c1C(=O)c1ccccc1C2=O. The number of carbonyl (C=O) groups excluding carboxylic acids is 3. The smallest absolute Gasteiger partial charge is 0.305 e. The molecule has 1 N–H and O–H groups in total. The van der Waals surface area contributed by atoms with Gasteiger partial charge < -0.3 is 10.1 Å². The minimum Gasteiger partial charge on any atom is -0.466 e. The predicted molar refractivity (Wildman–Crippen MR) is 103 cm³/mol. The van der Waals surface area contributed by atoms with Gasteiger partial charge in [0, 0.05) is 35.3 Å². The van der Waals surface area contributed by atoms with E-state index in [9.17, 15) is 14.4 Å². The van der Waals surface area contributed by atoms with Gasteiger partial charge in [-0.05, 0) is 25.3 Å². The van der Waals surface area contributed by atoms with E-state index >= 15 is 0 Å². The predicted octanol–water partition coefficient (Wildman–Crippen LogP) is 4.00. The Balaban J connectivity index is 1.63. The lowest BCUT2D eigenvalue weighted by molar-refractivity contribution is -0.143. The highest BCUT2D eigenvalue weighted by Gasteiger charge is 2.31. The summed E-state index contributed by atoms with van der Waals surface area (Å²) in [5.41, 5.74) is 2.46. The molecule has 2 aromatic carbocycles. The van der Waals surface area contributed by atoms with Gasteiger partial charge >= 0.3 is 5.97 Å². The minimum atomic E-state index is -0.162. The van der Waals surface area contributed by atoms with Crippen LogP contribution in [0.25, 0.3) is 0 Å². The molecule has 0 spiro atoms. The number of carbonyl (C=O) groups is 3. The molecule has 0 aromatic heterocycles. The summed E-state index contributed by atoms with van der Waals surface area (Å²) >= 11 is 0. The molecule has 27 heavy (non-hydrogen) atoms. The summed E-state index contributed by atoms with van der Waals surface area (Å²) in [4.78, 5) is 36.9. The standard InChI is InChI=1S/C22H23NO4/c1-2-8-19(24)27-14-6-5-13-23-18-12-7-11-17-20(18)22(26)16-10-4-3-9-15(16)21(17)25/h3-4,7,9-12,23H,2,5-6,8,13-14H2,1H3. The third kappa shape index (κ3) is 4.08. The van der Waals surface area contributed by atoms with E-state index in [1.54, 1.807) is 36.4 Å². The quantitative estimate of drug-likeness (QED) is 0.482. The van der Waals surface area contributed by atoms with Crippen LogP contribution in [0.1, 0.15) is 64.4 Å². The first-order valence-corrected chi connectivity index (χ1v) is 9.34. The van der Waals surface area contributed by atoms with Crippen LogP contribution in [0.4, 0.5) is 5.69 Å². The zero-order valence-corrected chi connectivity index (χ0v) is 15.4. The molecule has 5 heteroatoms. The molecule has 5 nitrogen and oxygen atoms in total. The van der Waals surface area contributed by atoms with E-state index in [2.05, 4.69) is 5.32 Å². The van der Waals surface area contributed by atoms with Gasteiger partial charge in [0.2, 0.25) is 0 Å². The van der Waals surface area contributed by atoms with Crippen LogP contribution in [0.2, 0.25) is 0 Å². The number of nitrogens with one attached hydrogen (secondary N) is 1. The lowest BCUT2D eigenvalue weighted by Gasteiger charge is -2.20. The summed E-state index contributed by atoms with van der Waals surface area (Å²) in [7, 11) is 0. The van der Waals surface area contributed by atoms with Crippen LogP contribution in [-0.4, -0.2) is 30.7 Å². The van der Waals surface area contributed by atoms with Gasteiger partial charge in [-0.1, -0.05) is 43.3 Å². The van der Waals surface area contributed by atoms with Gasteiger partial charge in [-0.25, -0.2) is 0 Å². The zero-order valence-electron chi connectivity index (χ0n) is 15.4. The fourth-order valence-electron chi connectivity index (χ4n) is 3.20. The number of unbranched alkanes of at least 4 members (excludes halogenated alkanes) is 1. The molecule has 0 saturated carbocycles. The molecular formula is C22H23NO4. The van der Waals surface area contributed by atoms with Crippen LogP contribution in [0.15, 0.2) is 42.5 Å². The first kappa shape index (κ1) is 18.8. The zero-order chi connectivity index (χ0) is 19.2. The van der Waals surface area contributed by atoms with Crippen LogP contribution < -0.4 is 5.32 Å². The fourth-order valence-corrected chi connectivity index (χ4v) is 3.20. The van der Waals surface area contributed by atoms with E-state index in [1.807, 2.05) is 13.0 Å². The van der Waals surface area contributed by atoms with Gasteiger partial charge in [0.15, 0.2) is 11.6 Å². The Kier molecular flexibility index (Phi) is 6.01. The molecule has 0 saturated heterocycles. The first-order chi connectivity index (χ1) is 13.1. The van der Waals surface area contributed by atoms with Crippen LogP contribution >= 0.6 is 0 Å². The van der Waals surface area contributed by atoms with Gasteiger partial charge in [0.25, 0.3) is 0 Å². The number of esters is 1. The second kappa shape index (κ2) is 8.62. The maximum Gasteiger partial charge on any atom is 0.305 e. The topological polar surface area (TPSA) is 72.5 Å². The van der Waals surface area contributed by atoms with E-state index in [-0.39, 0.29) is 17.5 Å². The Labute approximate surface area is 158 Å². The van der Waals surface area contributed by atoms with Crippen LogP contribution in [0, 0.1) is 0 Å². The van der Waals surface area contributed by atoms with Gasteiger partial charge in [0.05, 0.1) is 12.2 Å². The summed E-state index contributed by atoms with van der Waals surface area (Å²) in [5, 5.41) is 3.25. The molecule has 2 aromatic rings. The number of hydrogen-bond donors (Lipinski definition) is 1. The highest BCUT2D eigenvalue weighted by Crippen LogP contribution is 2.31. The van der Waals surface area contributed by atoms with E-state index in [0.717, 1.165) is 19.3 Å². The van der Waals surface area contributed by atoms with Crippen molar-refractivity contribution >= 4 is 23.2 Å². The molecule has 0 radical (unpaired) electrons. The second-order valence-electron chi connectivity index (χ2n) is 6.54. The summed E-state index contributed by atoms with van der Waals surface area (Å²) < 4.78 is 5.13. The Morgan fingerprint density at radius 2 is 1.63 bits per heavy atom. The Morgan fingerprint density at radius 3 is 2.37 bits per heavy atom. The van der Waals surface area contributed by atoms with Crippen molar-refractivity contribution in [3.63, 3.8) is 0 Å². The number of ketones is 2. The van der Waals surface area contributed by atoms with Crippen molar-refractivity contribution in [1.29, 1.82) is 0 Å². The molecule has 0 bridgehead atoms. The Hall–Kier alpha value is -2.95. The number of benzene rings is 2. The lowest BCUT2D eigenvalue weighted by atomic mass is 9.83. The normalized spacial score (nSPS) is 12.3. The van der Waals surface area contributed by atoms with Crippen molar-refractivity contribution < 1.29 is 19.1 Å². The third-order valence-electron chi connectivity index (χ3n) is 4.56. The van der Waals surface area contributed by atoms with Crippen molar-refractivity contribution in [3.05, 3.63) is 64.7 Å². The summed E-state index contributed by atoms with van der Waals surface area (Å²) in [6, 6.07) is 12.2. The molecule has 0 heterocycles. The Morgan fingerprint density at radius 1 is 0.926 bits per heavy atom. The van der Waals surface area contributed by atoms with Crippen molar-refractivity contribution in [1.82, 2.24) is 0 Å². The van der Waals surface area contributed by atoms with Crippen LogP contribution in [0.5, 0.6) is 0 Å². The lowest BCUT2D eigenvalue weighted by Crippen LogP contribution is -2.22. The molecule has 0 unspecified atom stereocenters. The van der Waals surface area contributed by atoms with Crippen LogP contribution in [0.3, 0.4) is 0 Å². The highest BCUT2D eigenvalue weighted by atomic mass is 16.5. The van der Waals surface area contributed by atoms with Gasteiger partial charge in [-0.3, -0.25) is 14.4 Å². The Bertz CT molecular complexity index is 872. The minimum absolute atomic E-state index is 0.119. The van der Waals surface area contributed by atoms with Crippen molar-refractivity contribution in [3.8, 4) is 0 Å². The van der Waals surface area contributed by atoms with Gasteiger partial charge in [-0.2, -0.15) is 0 Å². The molecule has 0 atom stereocenters. The number of fused-ring (bicyclic) bond motifs is 2. The van der Waals surface area contributed by atoms with E-state index in [1.165, 1.54) is 0 Å². The molecule has 3 rings (SSSR count). The first-order valence-electron chi connectivity index (χ1n) is 9.34. The number of ether oxygens (including phenoxy) is 1. The second-order valence-corrected chi connectivity index (χ2v) is 6.54.